The minimum Gasteiger partial charge on any atom is -0.455 e. The first-order valence-corrected chi connectivity index (χ1v) is 33.5. The Morgan fingerprint density at radius 1 is 0.554 bits per heavy atom. The first-order valence-electron chi connectivity index (χ1n) is 26.5. The molecule has 0 spiro atoms. The number of pyridine rings is 1. The molecule has 4 nitrogen and oxygen atoms in total. The molecule has 74 heavy (non-hydrogen) atoms. The first kappa shape index (κ1) is 50.5. The molecule has 0 saturated carbocycles. The fraction of sp³-hybridized carbons (Fsp3) is 0.250. The molecule has 2 aromatic heterocycles. The van der Waals surface area contributed by atoms with Crippen molar-refractivity contribution < 1.29 is 4.42 Å². The number of anilines is 6. The maximum Gasteiger partial charge on any atom is 0.145 e. The van der Waals surface area contributed by atoms with Crippen molar-refractivity contribution in [2.75, 3.05) is 9.80 Å². The maximum absolute atomic E-state index is 7.33. The summed E-state index contributed by atoms with van der Waals surface area (Å²) in [6.45, 7) is 32.5. The minimum absolute atomic E-state index is 0.00586. The van der Waals surface area contributed by atoms with E-state index in [1.165, 1.54) is 43.8 Å². The van der Waals surface area contributed by atoms with Crippen LogP contribution in [0.5, 0.6) is 0 Å². The normalized spacial score (nSPS) is 15.2. The summed E-state index contributed by atoms with van der Waals surface area (Å²) >= 11 is 0. The van der Waals surface area contributed by atoms with E-state index in [0.29, 0.717) is 0 Å². The lowest BCUT2D eigenvalue weighted by molar-refractivity contribution is 0.590. The van der Waals surface area contributed by atoms with Crippen molar-refractivity contribution in [3.8, 4) is 11.1 Å². The van der Waals surface area contributed by atoms with Gasteiger partial charge in [-0.2, -0.15) is 0 Å². The van der Waals surface area contributed by atoms with Crippen LogP contribution in [0.3, 0.4) is 0 Å². The Morgan fingerprint density at radius 2 is 1.05 bits per heavy atom. The standard InChI is InChI=1S/C68H73N3OSi2/c1-15-20-46(16-2)68(49-21-18-17-19-22-49)59-43-54(70(50-27-23-47(24-28-50)66(3,4)5)51-31-36-55(37-32-51)73(9,10)11)35-40-57(59)63-60(68)44-61(64-58-45-69-42-41-62(58)72-65(63)64)71(52-29-25-48(26-30-52)67(6,7)8)53-33-38-56(39-34-53)74(12,13)14/h15-45H,1-14H3/b20-15-,46-16+. The molecule has 10 rings (SSSR count). The van der Waals surface area contributed by atoms with Gasteiger partial charge in [-0.05, 0) is 136 Å². The van der Waals surface area contributed by atoms with Gasteiger partial charge in [0.15, 0.2) is 0 Å². The summed E-state index contributed by atoms with van der Waals surface area (Å²) in [5.41, 5.74) is 17.0. The lowest BCUT2D eigenvalue weighted by atomic mass is 9.66. The molecule has 1 atom stereocenters. The van der Waals surface area contributed by atoms with E-state index in [2.05, 4.69) is 274 Å². The van der Waals surface area contributed by atoms with Crippen LogP contribution in [0.4, 0.5) is 34.1 Å². The zero-order chi connectivity index (χ0) is 52.5. The fourth-order valence-corrected chi connectivity index (χ4v) is 13.6. The molecular formula is C68H73N3OSi2. The van der Waals surface area contributed by atoms with Gasteiger partial charge in [0.1, 0.15) is 11.2 Å². The summed E-state index contributed by atoms with van der Waals surface area (Å²) in [5, 5.41) is 4.88. The molecule has 374 valence electrons. The molecule has 1 aliphatic carbocycles. The predicted molar refractivity (Wildman–Crippen MR) is 325 cm³/mol. The van der Waals surface area contributed by atoms with Crippen LogP contribution in [-0.2, 0) is 16.2 Å². The molecule has 0 saturated heterocycles. The summed E-state index contributed by atoms with van der Waals surface area (Å²) < 4.78 is 7.33. The molecule has 0 aliphatic heterocycles. The molecule has 0 fully saturated rings. The lowest BCUT2D eigenvalue weighted by Gasteiger charge is -2.36. The number of benzene rings is 7. The minimum atomic E-state index is -1.61. The largest absolute Gasteiger partial charge is 0.455 e. The van der Waals surface area contributed by atoms with Crippen LogP contribution in [0.25, 0.3) is 33.1 Å². The van der Waals surface area contributed by atoms with Crippen molar-refractivity contribution in [2.45, 2.75) is 111 Å². The highest BCUT2D eigenvalue weighted by molar-refractivity contribution is 6.89. The van der Waals surface area contributed by atoms with Gasteiger partial charge in [-0.3, -0.25) is 4.98 Å². The number of hydrogen-bond acceptors (Lipinski definition) is 4. The monoisotopic (exact) mass is 1000 g/mol. The fourth-order valence-electron chi connectivity index (χ4n) is 11.3. The van der Waals surface area contributed by atoms with Crippen molar-refractivity contribution in [1.29, 1.82) is 0 Å². The summed E-state index contributed by atoms with van der Waals surface area (Å²) in [5.74, 6) is 0. The van der Waals surface area contributed by atoms with Gasteiger partial charge in [0.25, 0.3) is 0 Å². The van der Waals surface area contributed by atoms with Gasteiger partial charge < -0.3 is 14.2 Å². The Morgan fingerprint density at radius 3 is 1.54 bits per heavy atom. The van der Waals surface area contributed by atoms with E-state index in [4.69, 9.17) is 9.40 Å². The van der Waals surface area contributed by atoms with Crippen LogP contribution in [0, 0.1) is 0 Å². The van der Waals surface area contributed by atoms with Crippen molar-refractivity contribution in [1.82, 2.24) is 4.98 Å². The van der Waals surface area contributed by atoms with Gasteiger partial charge in [0, 0.05) is 51.8 Å². The van der Waals surface area contributed by atoms with Crippen molar-refractivity contribution in [2.24, 2.45) is 0 Å². The highest BCUT2D eigenvalue weighted by atomic mass is 28.3. The quantitative estimate of drug-likeness (QED) is 0.0955. The average molecular weight is 1000 g/mol. The molecule has 1 unspecified atom stereocenters. The zero-order valence-electron chi connectivity index (χ0n) is 46.1. The van der Waals surface area contributed by atoms with Crippen LogP contribution in [0.2, 0.25) is 39.3 Å². The van der Waals surface area contributed by atoms with Gasteiger partial charge in [-0.1, -0.05) is 194 Å². The van der Waals surface area contributed by atoms with Gasteiger partial charge in [-0.25, -0.2) is 0 Å². The maximum atomic E-state index is 7.33. The van der Waals surface area contributed by atoms with Gasteiger partial charge in [0.05, 0.1) is 32.6 Å². The van der Waals surface area contributed by atoms with Gasteiger partial charge in [0.2, 0.25) is 0 Å². The summed E-state index contributed by atoms with van der Waals surface area (Å²) in [7, 11) is -3.18. The summed E-state index contributed by atoms with van der Waals surface area (Å²) in [6.07, 6.45) is 10.7. The van der Waals surface area contributed by atoms with Gasteiger partial charge in [-0.15, -0.1) is 0 Å². The average Bonchev–Trinajstić information content (AvgIpc) is 3.90. The Labute approximate surface area is 443 Å². The Balaban J connectivity index is 1.32. The van der Waals surface area contributed by atoms with Crippen molar-refractivity contribution in [3.05, 3.63) is 222 Å². The highest BCUT2D eigenvalue weighted by Crippen LogP contribution is 2.62. The molecule has 1 aliphatic rings. The predicted octanol–water partition coefficient (Wildman–Crippen LogP) is 18.4. The number of aromatic nitrogens is 1. The number of hydrogen-bond donors (Lipinski definition) is 0. The SMILES string of the molecule is C/C=C\C(=C/C)C1(c2ccccc2)c2cc(N(c3ccc(C(C)(C)C)cc3)c3ccc([Si](C)(C)C)cc3)ccc2-c2c1cc(N(c1ccc(C(C)(C)C)cc1)c1ccc([Si](C)(C)C)cc1)c1c2oc2ccncc21. The number of furan rings is 1. The number of allylic oxidation sites excluding steroid dienone is 4. The molecule has 7 aromatic carbocycles. The third-order valence-electron chi connectivity index (χ3n) is 15.4. The molecule has 2 heterocycles. The topological polar surface area (TPSA) is 32.5 Å². The lowest BCUT2D eigenvalue weighted by Crippen LogP contribution is -2.37. The second-order valence-corrected chi connectivity index (χ2v) is 34.6. The van der Waals surface area contributed by atoms with Crippen molar-refractivity contribution in [3.63, 3.8) is 0 Å². The Kier molecular flexibility index (Phi) is 12.8. The molecule has 0 amide bonds. The van der Waals surface area contributed by atoms with Crippen LogP contribution in [0.1, 0.15) is 83.2 Å². The highest BCUT2D eigenvalue weighted by Gasteiger charge is 2.49. The van der Waals surface area contributed by atoms with Crippen LogP contribution in [-0.4, -0.2) is 21.1 Å². The van der Waals surface area contributed by atoms with Gasteiger partial charge >= 0.3 is 0 Å². The molecule has 9 aromatic rings. The van der Waals surface area contributed by atoms with Crippen LogP contribution >= 0.6 is 0 Å². The molecular weight excluding hydrogens is 931 g/mol. The number of fused-ring (bicyclic) bond motifs is 7. The van der Waals surface area contributed by atoms with E-state index in [9.17, 15) is 0 Å². The van der Waals surface area contributed by atoms with E-state index < -0.39 is 21.6 Å². The van der Waals surface area contributed by atoms with E-state index in [1.54, 1.807) is 0 Å². The van der Waals surface area contributed by atoms with Crippen LogP contribution < -0.4 is 20.2 Å². The van der Waals surface area contributed by atoms with E-state index in [-0.39, 0.29) is 10.8 Å². The van der Waals surface area contributed by atoms with Crippen molar-refractivity contribution >= 4 is 82.6 Å². The Bertz CT molecular complexity index is 3460. The number of rotatable bonds is 11. The van der Waals surface area contributed by atoms with Crippen LogP contribution in [0.15, 0.2) is 198 Å². The molecule has 0 bridgehead atoms. The zero-order valence-corrected chi connectivity index (χ0v) is 48.1. The Hall–Kier alpha value is -7.00. The first-order chi connectivity index (χ1) is 35.1. The van der Waals surface area contributed by atoms with E-state index >= 15 is 0 Å². The molecule has 0 radical (unpaired) electrons. The summed E-state index contributed by atoms with van der Waals surface area (Å²) in [6, 6.07) is 60.0. The second-order valence-electron chi connectivity index (χ2n) is 24.4. The van der Waals surface area contributed by atoms with E-state index in [1.807, 2.05) is 18.5 Å². The smallest absolute Gasteiger partial charge is 0.145 e. The summed E-state index contributed by atoms with van der Waals surface area (Å²) in [4.78, 5) is 9.68. The molecule has 0 N–H and O–H groups in total. The van der Waals surface area contributed by atoms with E-state index in [0.717, 1.165) is 67.2 Å². The number of nitrogens with zero attached hydrogens (tertiary/aromatic N) is 3. The third kappa shape index (κ3) is 8.79. The molecule has 6 heteroatoms. The second kappa shape index (κ2) is 18.7. The third-order valence-corrected chi connectivity index (χ3v) is 19.5.